The molecule has 338 valence electrons. The van der Waals surface area contributed by atoms with Crippen molar-refractivity contribution in [2.45, 2.75) is 234 Å². The quantitative estimate of drug-likeness (QED) is 0.0278. The van der Waals surface area contributed by atoms with E-state index in [-0.39, 0.29) is 25.3 Å². The van der Waals surface area contributed by atoms with Crippen LogP contribution in [0, 0.1) is 11.8 Å². The molecule has 0 aliphatic rings. The number of esters is 3. The van der Waals surface area contributed by atoms with E-state index >= 15 is 0 Å². The fourth-order valence-electron chi connectivity index (χ4n) is 7.90. The highest BCUT2D eigenvalue weighted by molar-refractivity contribution is 5.85. The van der Waals surface area contributed by atoms with E-state index in [1.54, 1.807) is 0 Å². The Bertz CT molecular complexity index is 866. The molecule has 0 bridgehead atoms. The number of aliphatic hydroxyl groups excluding tert-OH is 1. The molecule has 0 aromatic rings. The summed E-state index contributed by atoms with van der Waals surface area (Å²) in [6.45, 7) is 15.4. The van der Waals surface area contributed by atoms with Crippen molar-refractivity contribution in [2.24, 2.45) is 11.8 Å². The van der Waals surface area contributed by atoms with Gasteiger partial charge in [0.05, 0.1) is 13.2 Å². The van der Waals surface area contributed by atoms with Crippen molar-refractivity contribution in [2.75, 3.05) is 46.1 Å². The predicted molar refractivity (Wildman–Crippen MR) is 235 cm³/mol. The van der Waals surface area contributed by atoms with Gasteiger partial charge in [-0.15, -0.1) is 0 Å². The van der Waals surface area contributed by atoms with Gasteiger partial charge in [-0.05, 0) is 82.7 Å². The van der Waals surface area contributed by atoms with Gasteiger partial charge in [0.25, 0.3) is 0 Å². The molecular formula is C48H93NO8. The molecule has 0 saturated carbocycles. The van der Waals surface area contributed by atoms with E-state index in [4.69, 9.17) is 18.9 Å². The Hall–Kier alpha value is -1.55. The zero-order chi connectivity index (χ0) is 42.0. The van der Waals surface area contributed by atoms with E-state index < -0.39 is 11.9 Å². The van der Waals surface area contributed by atoms with Gasteiger partial charge in [0.1, 0.15) is 0 Å². The predicted octanol–water partition coefficient (Wildman–Crippen LogP) is 12.3. The first kappa shape index (κ1) is 55.5. The Kier molecular flexibility index (Phi) is 41.4. The number of ether oxygens (including phenoxy) is 4. The van der Waals surface area contributed by atoms with Crippen LogP contribution >= 0.6 is 0 Å². The maximum atomic E-state index is 12.6. The first-order valence-corrected chi connectivity index (χ1v) is 24.3. The number of carbonyl (C=O) groups is 3. The van der Waals surface area contributed by atoms with Gasteiger partial charge in [0.2, 0.25) is 0 Å². The highest BCUT2D eigenvalue weighted by Gasteiger charge is 2.15. The molecular weight excluding hydrogens is 719 g/mol. The molecule has 0 aromatic carbocycles. The third-order valence-corrected chi connectivity index (χ3v) is 11.1. The summed E-state index contributed by atoms with van der Waals surface area (Å²) in [4.78, 5) is 38.9. The minimum absolute atomic E-state index is 0.102. The summed E-state index contributed by atoms with van der Waals surface area (Å²) in [5.41, 5.74) is 0. The van der Waals surface area contributed by atoms with Crippen LogP contribution in [0.25, 0.3) is 0 Å². The molecule has 0 saturated heterocycles. The van der Waals surface area contributed by atoms with E-state index in [9.17, 15) is 19.5 Å². The Morgan fingerprint density at radius 2 is 0.860 bits per heavy atom. The summed E-state index contributed by atoms with van der Waals surface area (Å²) >= 11 is 0. The molecule has 9 nitrogen and oxygen atoms in total. The lowest BCUT2D eigenvalue weighted by Gasteiger charge is -2.21. The van der Waals surface area contributed by atoms with Gasteiger partial charge in [0, 0.05) is 45.4 Å². The van der Waals surface area contributed by atoms with Crippen LogP contribution in [0.3, 0.4) is 0 Å². The molecule has 0 spiro atoms. The van der Waals surface area contributed by atoms with Gasteiger partial charge in [0.15, 0.2) is 6.29 Å². The smallest absolute Gasteiger partial charge is 0.313 e. The molecule has 0 aliphatic heterocycles. The third kappa shape index (κ3) is 37.2. The average molecular weight is 812 g/mol. The molecule has 1 N–H and O–H groups in total. The van der Waals surface area contributed by atoms with Crippen molar-refractivity contribution in [3.05, 3.63) is 0 Å². The molecule has 0 amide bonds. The van der Waals surface area contributed by atoms with Crippen molar-refractivity contribution < 1.29 is 38.4 Å². The molecule has 9 heteroatoms. The topological polar surface area (TPSA) is 112 Å². The summed E-state index contributed by atoms with van der Waals surface area (Å²) in [6.07, 6.45) is 30.1. The van der Waals surface area contributed by atoms with Crippen LogP contribution < -0.4 is 0 Å². The molecule has 0 aliphatic carbocycles. The number of nitrogens with zero attached hydrogens (tertiary/aromatic N) is 1. The average Bonchev–Trinajstić information content (AvgIpc) is 3.18. The van der Waals surface area contributed by atoms with Crippen LogP contribution in [0.15, 0.2) is 0 Å². The van der Waals surface area contributed by atoms with Gasteiger partial charge in [-0.3, -0.25) is 14.4 Å². The Balaban J connectivity index is 4.31. The van der Waals surface area contributed by atoms with Crippen molar-refractivity contribution in [1.29, 1.82) is 0 Å². The first-order valence-electron chi connectivity index (χ1n) is 24.3. The summed E-state index contributed by atoms with van der Waals surface area (Å²) in [7, 11) is 0. The second-order valence-electron chi connectivity index (χ2n) is 16.6. The number of hydrogen-bond donors (Lipinski definition) is 1. The van der Waals surface area contributed by atoms with Gasteiger partial charge in [-0.25, -0.2) is 0 Å². The van der Waals surface area contributed by atoms with Crippen LogP contribution in [-0.4, -0.2) is 80.3 Å². The molecule has 0 unspecified atom stereocenters. The number of unbranched alkanes of at least 4 members (excludes halogenated alkanes) is 11. The zero-order valence-corrected chi connectivity index (χ0v) is 38.1. The SMILES string of the molecule is CCCCCCCCCCC(=O)OC(=O)CCCCCN(CCO)CCCCCC(=O)OCCC(OCCCC(CCC)CCC)OCCCC(CCC)CCC. The maximum absolute atomic E-state index is 12.6. The standard InChI is InChI=1S/C48H93NO8/c1-6-11-12-13-14-15-16-19-33-46(52)57-47(53)34-21-18-23-37-49(38-39-50)36-22-17-20-32-45(51)54-42-35-48(55-40-24-30-43(26-7-2)27-8-3)56-41-25-31-44(28-9-4)29-10-5/h43-44,48,50H,6-42H2,1-5H3. The van der Waals surface area contributed by atoms with Crippen LogP contribution in [0.4, 0.5) is 0 Å². The van der Waals surface area contributed by atoms with Crippen molar-refractivity contribution in [1.82, 2.24) is 4.90 Å². The number of hydrogen-bond acceptors (Lipinski definition) is 9. The summed E-state index contributed by atoms with van der Waals surface area (Å²) in [5, 5.41) is 9.56. The Morgan fingerprint density at radius 1 is 0.439 bits per heavy atom. The van der Waals surface area contributed by atoms with E-state index in [1.165, 1.54) is 96.3 Å². The summed E-state index contributed by atoms with van der Waals surface area (Å²) < 4.78 is 23.1. The van der Waals surface area contributed by atoms with E-state index in [0.717, 1.165) is 89.1 Å². The Labute approximate surface area is 351 Å². The van der Waals surface area contributed by atoms with Crippen molar-refractivity contribution in [3.63, 3.8) is 0 Å². The number of rotatable bonds is 44. The summed E-state index contributed by atoms with van der Waals surface area (Å²) in [5.74, 6) is 0.563. The van der Waals surface area contributed by atoms with Crippen molar-refractivity contribution in [3.8, 4) is 0 Å². The minimum atomic E-state index is -0.422. The van der Waals surface area contributed by atoms with Gasteiger partial charge < -0.3 is 29.0 Å². The van der Waals surface area contributed by atoms with Gasteiger partial charge >= 0.3 is 17.9 Å². The summed E-state index contributed by atoms with van der Waals surface area (Å²) in [6, 6.07) is 0. The molecule has 57 heavy (non-hydrogen) atoms. The zero-order valence-electron chi connectivity index (χ0n) is 38.1. The monoisotopic (exact) mass is 812 g/mol. The molecule has 0 heterocycles. The van der Waals surface area contributed by atoms with Crippen molar-refractivity contribution >= 4 is 17.9 Å². The molecule has 0 radical (unpaired) electrons. The molecule has 0 rings (SSSR count). The Morgan fingerprint density at radius 3 is 1.30 bits per heavy atom. The van der Waals surface area contributed by atoms with Gasteiger partial charge in [-0.2, -0.15) is 0 Å². The van der Waals surface area contributed by atoms with E-state index in [1.807, 2.05) is 0 Å². The van der Waals surface area contributed by atoms with Crippen LogP contribution in [0.5, 0.6) is 0 Å². The van der Waals surface area contributed by atoms with Crippen LogP contribution in [0.1, 0.15) is 227 Å². The first-order chi connectivity index (χ1) is 27.8. The minimum Gasteiger partial charge on any atom is -0.465 e. The second kappa shape index (κ2) is 42.6. The van der Waals surface area contributed by atoms with Crippen LogP contribution in [-0.2, 0) is 33.3 Å². The normalized spacial score (nSPS) is 11.8. The molecule has 0 aromatic heterocycles. The highest BCUT2D eigenvalue weighted by atomic mass is 16.7. The second-order valence-corrected chi connectivity index (χ2v) is 16.6. The lowest BCUT2D eigenvalue weighted by molar-refractivity contribution is -0.162. The third-order valence-electron chi connectivity index (χ3n) is 11.1. The molecule has 0 atom stereocenters. The van der Waals surface area contributed by atoms with Crippen LogP contribution in [0.2, 0.25) is 0 Å². The highest BCUT2D eigenvalue weighted by Crippen LogP contribution is 2.21. The fourth-order valence-corrected chi connectivity index (χ4v) is 7.90. The molecule has 0 fully saturated rings. The lowest BCUT2D eigenvalue weighted by atomic mass is 9.93. The van der Waals surface area contributed by atoms with E-state index in [0.29, 0.717) is 52.0 Å². The fraction of sp³-hybridized carbons (Fsp3) is 0.938. The maximum Gasteiger partial charge on any atom is 0.313 e. The largest absolute Gasteiger partial charge is 0.465 e. The number of carbonyl (C=O) groups excluding carboxylic acids is 3. The number of aliphatic hydroxyl groups is 1. The lowest BCUT2D eigenvalue weighted by Crippen LogP contribution is -2.29. The van der Waals surface area contributed by atoms with Gasteiger partial charge in [-0.1, -0.05) is 144 Å². The van der Waals surface area contributed by atoms with E-state index in [2.05, 4.69) is 39.5 Å².